The molecule has 0 heterocycles. The Balaban J connectivity index is 1.98. The topological polar surface area (TPSA) is 89.5 Å². The number of esters is 2. The predicted octanol–water partition coefficient (Wildman–Crippen LogP) is 8.42. The van der Waals surface area contributed by atoms with E-state index in [1.54, 1.807) is 0 Å². The molecule has 0 N–H and O–H groups in total. The molecule has 254 valence electrons. The lowest BCUT2D eigenvalue weighted by atomic mass is 9.97. The first-order valence-electron chi connectivity index (χ1n) is 17.1. The number of carbonyl (C=O) groups is 2. The van der Waals surface area contributed by atoms with Crippen LogP contribution in [0, 0.1) is 13.8 Å². The van der Waals surface area contributed by atoms with Gasteiger partial charge < -0.3 is 28.4 Å². The third-order valence-corrected chi connectivity index (χ3v) is 7.53. The lowest BCUT2D eigenvalue weighted by Gasteiger charge is -2.23. The molecule has 0 bridgehead atoms. The lowest BCUT2D eigenvalue weighted by Crippen LogP contribution is -2.30. The van der Waals surface area contributed by atoms with Gasteiger partial charge in [0.15, 0.2) is 12.2 Å². The fourth-order valence-electron chi connectivity index (χ4n) is 5.12. The third kappa shape index (κ3) is 11.5. The molecule has 0 saturated heterocycles. The Morgan fingerprint density at radius 1 is 0.565 bits per heavy atom. The van der Waals surface area contributed by atoms with E-state index >= 15 is 0 Å². The molecule has 3 aromatic rings. The van der Waals surface area contributed by atoms with Crippen molar-refractivity contribution in [3.05, 3.63) is 47.5 Å². The zero-order valence-electron chi connectivity index (χ0n) is 28.8. The number of fused-ring (bicyclic) bond motifs is 2. The summed E-state index contributed by atoms with van der Waals surface area (Å²) < 4.78 is 36.3. The van der Waals surface area contributed by atoms with Crippen LogP contribution >= 0.6 is 0 Å². The van der Waals surface area contributed by atoms with Crippen LogP contribution in [-0.4, -0.2) is 63.8 Å². The second kappa shape index (κ2) is 20.0. The van der Waals surface area contributed by atoms with Gasteiger partial charge in [0.1, 0.15) is 24.7 Å². The number of unbranched alkanes of at least 4 members (excludes halogenated alkanes) is 2. The van der Waals surface area contributed by atoms with E-state index in [0.717, 1.165) is 71.2 Å². The zero-order valence-corrected chi connectivity index (χ0v) is 28.8. The van der Waals surface area contributed by atoms with E-state index in [-0.39, 0.29) is 38.4 Å². The molecule has 0 aliphatic carbocycles. The van der Waals surface area contributed by atoms with Crippen molar-refractivity contribution in [2.45, 2.75) is 105 Å². The number of rotatable bonds is 22. The standard InChI is InChI=1S/C38H54O8/c1-7-11-13-35(39)45-29(23-41-19-9-3)25-43-37-31-17-15-28(6)22-34(31)38(32-18-16-27(5)21-33(32)37)44-26-30(24-42-20-10-4)46-36(40)14-12-8-2/h15-18,21-22,29-30H,7-14,19-20,23-26H2,1-6H3. The second-order valence-electron chi connectivity index (χ2n) is 12.0. The molecule has 8 heteroatoms. The average molecular weight is 639 g/mol. The molecule has 3 rings (SSSR count). The van der Waals surface area contributed by atoms with Crippen LogP contribution in [0.15, 0.2) is 36.4 Å². The van der Waals surface area contributed by atoms with E-state index in [4.69, 9.17) is 28.4 Å². The SMILES string of the molecule is CCCCC(=O)OC(COCCC)COc1c2ccc(C)cc2c(OCC(COCCC)OC(=O)CCCC)c2ccc(C)cc12. The van der Waals surface area contributed by atoms with Gasteiger partial charge in [-0.3, -0.25) is 9.59 Å². The Labute approximate surface area is 275 Å². The zero-order chi connectivity index (χ0) is 33.3. The number of aryl methyl sites for hydroxylation is 2. The van der Waals surface area contributed by atoms with Crippen LogP contribution in [0.1, 0.15) is 90.2 Å². The van der Waals surface area contributed by atoms with Gasteiger partial charge in [-0.1, -0.05) is 75.9 Å². The van der Waals surface area contributed by atoms with Gasteiger partial charge in [-0.25, -0.2) is 0 Å². The number of hydrogen-bond acceptors (Lipinski definition) is 8. The van der Waals surface area contributed by atoms with Gasteiger partial charge in [-0.2, -0.15) is 0 Å². The smallest absolute Gasteiger partial charge is 0.306 e. The number of ether oxygens (including phenoxy) is 6. The highest BCUT2D eigenvalue weighted by Crippen LogP contribution is 2.43. The quantitative estimate of drug-likeness (QED) is 0.0616. The summed E-state index contributed by atoms with van der Waals surface area (Å²) in [5, 5.41) is 3.53. The van der Waals surface area contributed by atoms with E-state index in [2.05, 4.69) is 12.1 Å². The van der Waals surface area contributed by atoms with Crippen LogP contribution in [-0.2, 0) is 28.5 Å². The van der Waals surface area contributed by atoms with Crippen LogP contribution in [0.2, 0.25) is 0 Å². The van der Waals surface area contributed by atoms with E-state index in [1.807, 2.05) is 65.8 Å². The molecule has 0 amide bonds. The monoisotopic (exact) mass is 638 g/mol. The molecule has 46 heavy (non-hydrogen) atoms. The summed E-state index contributed by atoms with van der Waals surface area (Å²) in [6, 6.07) is 12.3. The van der Waals surface area contributed by atoms with Crippen LogP contribution < -0.4 is 9.47 Å². The minimum atomic E-state index is -0.543. The van der Waals surface area contributed by atoms with Gasteiger partial charge in [-0.05, 0) is 51.7 Å². The average Bonchev–Trinajstić information content (AvgIpc) is 3.04. The van der Waals surface area contributed by atoms with Crippen molar-refractivity contribution in [1.82, 2.24) is 0 Å². The van der Waals surface area contributed by atoms with Crippen LogP contribution in [0.3, 0.4) is 0 Å². The largest absolute Gasteiger partial charge is 0.488 e. The maximum absolute atomic E-state index is 12.5. The Kier molecular flexibility index (Phi) is 16.1. The van der Waals surface area contributed by atoms with Crippen LogP contribution in [0.25, 0.3) is 21.5 Å². The molecular formula is C38H54O8. The first kappa shape index (κ1) is 37.1. The summed E-state index contributed by atoms with van der Waals surface area (Å²) in [5.74, 6) is 0.904. The fourth-order valence-corrected chi connectivity index (χ4v) is 5.12. The van der Waals surface area contributed by atoms with Crippen molar-refractivity contribution in [2.75, 3.05) is 39.6 Å². The minimum Gasteiger partial charge on any atom is -0.488 e. The van der Waals surface area contributed by atoms with Crippen molar-refractivity contribution in [1.29, 1.82) is 0 Å². The molecule has 0 aliphatic rings. The molecule has 0 fully saturated rings. The molecule has 0 aromatic heterocycles. The first-order valence-corrected chi connectivity index (χ1v) is 17.1. The maximum Gasteiger partial charge on any atom is 0.306 e. The number of hydrogen-bond donors (Lipinski definition) is 0. The highest BCUT2D eigenvalue weighted by molar-refractivity contribution is 6.11. The van der Waals surface area contributed by atoms with E-state index < -0.39 is 12.2 Å². The van der Waals surface area contributed by atoms with Crippen molar-refractivity contribution in [2.24, 2.45) is 0 Å². The molecule has 0 spiro atoms. The summed E-state index contributed by atoms with van der Waals surface area (Å²) >= 11 is 0. The fraction of sp³-hybridized carbons (Fsp3) is 0.579. The highest BCUT2D eigenvalue weighted by atomic mass is 16.6. The van der Waals surface area contributed by atoms with Gasteiger partial charge in [0.25, 0.3) is 0 Å². The Morgan fingerprint density at radius 3 is 1.35 bits per heavy atom. The summed E-state index contributed by atoms with van der Waals surface area (Å²) in [7, 11) is 0. The van der Waals surface area contributed by atoms with E-state index in [0.29, 0.717) is 37.6 Å². The minimum absolute atomic E-state index is 0.151. The Bertz CT molecular complexity index is 1280. The van der Waals surface area contributed by atoms with Gasteiger partial charge >= 0.3 is 11.9 Å². The second-order valence-corrected chi connectivity index (χ2v) is 12.0. The molecule has 8 nitrogen and oxygen atoms in total. The molecular weight excluding hydrogens is 584 g/mol. The Hall–Kier alpha value is -3.36. The molecule has 2 atom stereocenters. The first-order chi connectivity index (χ1) is 22.3. The molecule has 2 unspecified atom stereocenters. The van der Waals surface area contributed by atoms with Gasteiger partial charge in [0.2, 0.25) is 0 Å². The normalized spacial score (nSPS) is 12.7. The molecule has 0 radical (unpaired) electrons. The van der Waals surface area contributed by atoms with Gasteiger partial charge in [0.05, 0.1) is 13.2 Å². The molecule has 0 saturated carbocycles. The maximum atomic E-state index is 12.5. The summed E-state index contributed by atoms with van der Waals surface area (Å²) in [5.41, 5.74) is 2.14. The van der Waals surface area contributed by atoms with E-state index in [1.165, 1.54) is 0 Å². The summed E-state index contributed by atoms with van der Waals surface area (Å²) in [4.78, 5) is 25.1. The number of carbonyl (C=O) groups excluding carboxylic acids is 2. The summed E-state index contributed by atoms with van der Waals surface area (Å²) in [6.07, 6.45) is 4.79. The van der Waals surface area contributed by atoms with Gasteiger partial charge in [-0.15, -0.1) is 0 Å². The molecule has 0 aliphatic heterocycles. The predicted molar refractivity (Wildman–Crippen MR) is 183 cm³/mol. The van der Waals surface area contributed by atoms with Crippen molar-refractivity contribution < 1.29 is 38.0 Å². The van der Waals surface area contributed by atoms with Crippen molar-refractivity contribution >= 4 is 33.5 Å². The third-order valence-electron chi connectivity index (χ3n) is 7.53. The van der Waals surface area contributed by atoms with Crippen molar-refractivity contribution in [3.63, 3.8) is 0 Å². The highest BCUT2D eigenvalue weighted by Gasteiger charge is 2.22. The Morgan fingerprint density at radius 2 is 0.978 bits per heavy atom. The van der Waals surface area contributed by atoms with E-state index in [9.17, 15) is 9.59 Å². The van der Waals surface area contributed by atoms with Gasteiger partial charge in [0, 0.05) is 47.6 Å². The van der Waals surface area contributed by atoms with Crippen LogP contribution in [0.4, 0.5) is 0 Å². The number of benzene rings is 3. The summed E-state index contributed by atoms with van der Waals surface area (Å²) in [6.45, 7) is 14.3. The lowest BCUT2D eigenvalue weighted by molar-refractivity contribution is -0.155. The van der Waals surface area contributed by atoms with Crippen molar-refractivity contribution in [3.8, 4) is 11.5 Å². The molecule has 3 aromatic carbocycles. The van der Waals surface area contributed by atoms with Crippen LogP contribution in [0.5, 0.6) is 11.5 Å².